The van der Waals surface area contributed by atoms with Crippen molar-refractivity contribution in [1.82, 2.24) is 5.09 Å². The van der Waals surface area contributed by atoms with Gasteiger partial charge >= 0.3 is 8.18 Å². The fourth-order valence-corrected chi connectivity index (χ4v) is 1.98. The van der Waals surface area contributed by atoms with Gasteiger partial charge in [0.15, 0.2) is 0 Å². The van der Waals surface area contributed by atoms with Crippen molar-refractivity contribution in [2.75, 3.05) is 33.0 Å². The molecule has 1 atom stereocenters. The van der Waals surface area contributed by atoms with Crippen LogP contribution in [0.1, 0.15) is 47.5 Å². The van der Waals surface area contributed by atoms with Gasteiger partial charge in [0.1, 0.15) is 0 Å². The first-order chi connectivity index (χ1) is 9.12. The van der Waals surface area contributed by atoms with E-state index in [-0.39, 0.29) is 5.41 Å². The third kappa shape index (κ3) is 14.4. The lowest BCUT2D eigenvalue weighted by Gasteiger charge is -2.22. The largest absolute Gasteiger partial charge is 0.610 e. The van der Waals surface area contributed by atoms with Crippen LogP contribution in [0.15, 0.2) is 0 Å². The van der Waals surface area contributed by atoms with E-state index in [1.165, 1.54) is 0 Å². The van der Waals surface area contributed by atoms with Crippen molar-refractivity contribution in [3.05, 3.63) is 0 Å². The highest BCUT2D eigenvalue weighted by Crippen LogP contribution is 2.21. The third-order valence-corrected chi connectivity index (χ3v) is 3.41. The molecule has 120 valence electrons. The lowest BCUT2D eigenvalue weighted by molar-refractivity contribution is 0.0303. The Balaban J connectivity index is 3.45. The van der Waals surface area contributed by atoms with E-state index in [0.29, 0.717) is 31.8 Å². The zero-order valence-corrected chi connectivity index (χ0v) is 14.5. The van der Waals surface area contributed by atoms with Crippen molar-refractivity contribution in [2.45, 2.75) is 47.5 Å². The number of hydrogen-bond acceptors (Lipinski definition) is 3. The van der Waals surface area contributed by atoms with Crippen molar-refractivity contribution in [2.24, 2.45) is 10.8 Å². The summed E-state index contributed by atoms with van der Waals surface area (Å²) in [5, 5.41) is 2.55. The van der Waals surface area contributed by atoms with Gasteiger partial charge in [-0.3, -0.25) is 0 Å². The Morgan fingerprint density at radius 2 is 1.45 bits per heavy atom. The number of nitrogens with one attached hydrogen (secondary N) is 1. The highest BCUT2D eigenvalue weighted by Gasteiger charge is 2.22. The van der Waals surface area contributed by atoms with E-state index < -0.39 is 8.18 Å². The molecule has 0 bridgehead atoms. The van der Waals surface area contributed by atoms with Gasteiger partial charge < -0.3 is 9.47 Å². The first-order valence-electron chi connectivity index (χ1n) is 7.18. The van der Waals surface area contributed by atoms with Crippen LogP contribution in [-0.4, -0.2) is 37.9 Å². The molecule has 0 heterocycles. The topological polar surface area (TPSA) is 67.8 Å². The van der Waals surface area contributed by atoms with Crippen molar-refractivity contribution in [3.8, 4) is 0 Å². The minimum absolute atomic E-state index is 0.0547. The minimum atomic E-state index is -2.26. The summed E-state index contributed by atoms with van der Waals surface area (Å²) in [6, 6.07) is 0. The van der Waals surface area contributed by atoms with Gasteiger partial charge in [0, 0.05) is 19.8 Å². The Kier molecular flexibility index (Phi) is 9.77. The molecule has 0 saturated carbocycles. The Bertz CT molecular complexity index is 277. The predicted molar refractivity (Wildman–Crippen MR) is 81.9 cm³/mol. The number of hydrogen-bond donors (Lipinski definition) is 2. The van der Waals surface area contributed by atoms with E-state index in [1.807, 2.05) is 13.8 Å². The van der Waals surface area contributed by atoms with E-state index in [1.54, 1.807) is 0 Å². The van der Waals surface area contributed by atoms with Gasteiger partial charge in [-0.1, -0.05) is 39.7 Å². The van der Waals surface area contributed by atoms with Crippen LogP contribution < -0.4 is 5.09 Å². The Labute approximate surface area is 124 Å². The monoisotopic (exact) mass is 308 g/mol. The van der Waals surface area contributed by atoms with E-state index in [4.69, 9.17) is 14.4 Å². The average molecular weight is 308 g/mol. The van der Waals surface area contributed by atoms with E-state index in [9.17, 15) is 4.57 Å². The van der Waals surface area contributed by atoms with Gasteiger partial charge in [-0.25, -0.2) is 0 Å². The summed E-state index contributed by atoms with van der Waals surface area (Å²) in [6.45, 7) is 13.8. The van der Waals surface area contributed by atoms with Gasteiger partial charge in [0.25, 0.3) is 0 Å². The number of rotatable bonds is 11. The Hall–Kier alpha value is -0.0600. The van der Waals surface area contributed by atoms with Crippen molar-refractivity contribution in [3.63, 3.8) is 0 Å². The average Bonchev–Trinajstić information content (AvgIpc) is 2.29. The molecule has 0 aromatic rings. The molecule has 0 amide bonds. The predicted octanol–water partition coefficient (Wildman–Crippen LogP) is 3.11. The molecule has 1 unspecified atom stereocenters. The lowest BCUT2D eigenvalue weighted by Crippen LogP contribution is -2.27. The summed E-state index contributed by atoms with van der Waals surface area (Å²) in [4.78, 5) is 8.72. The highest BCUT2D eigenvalue weighted by molar-refractivity contribution is 7.35. The molecule has 20 heavy (non-hydrogen) atoms. The molecule has 5 nitrogen and oxygen atoms in total. The summed E-state index contributed by atoms with van der Waals surface area (Å²) in [5.74, 6) is 0. The first kappa shape index (κ1) is 19.9. The quantitative estimate of drug-likeness (QED) is 0.453. The molecule has 0 radical (unpaired) electrons. The van der Waals surface area contributed by atoms with Crippen LogP contribution in [0, 0.1) is 10.8 Å². The Morgan fingerprint density at radius 3 is 1.90 bits per heavy atom. The second-order valence-corrected chi connectivity index (χ2v) is 7.92. The van der Waals surface area contributed by atoms with E-state index in [2.05, 4.69) is 25.9 Å². The molecule has 0 rings (SSSR count). The lowest BCUT2D eigenvalue weighted by atomic mass is 9.90. The molecule has 0 saturated heterocycles. The van der Waals surface area contributed by atoms with Crippen LogP contribution >= 0.6 is 8.18 Å². The van der Waals surface area contributed by atoms with Crippen LogP contribution in [-0.2, 0) is 14.0 Å². The zero-order valence-electron chi connectivity index (χ0n) is 13.6. The molecule has 0 aromatic carbocycles. The van der Waals surface area contributed by atoms with Crippen LogP contribution in [0.5, 0.6) is 0 Å². The fraction of sp³-hybridized carbons (Fsp3) is 1.00. The van der Waals surface area contributed by atoms with E-state index in [0.717, 1.165) is 19.4 Å². The molecule has 0 spiro atoms. The summed E-state index contributed by atoms with van der Waals surface area (Å²) in [5.41, 5.74) is 0.256. The van der Waals surface area contributed by atoms with Crippen molar-refractivity contribution >= 4 is 8.18 Å². The Morgan fingerprint density at radius 1 is 0.950 bits per heavy atom. The van der Waals surface area contributed by atoms with Crippen LogP contribution in [0.4, 0.5) is 0 Å². The van der Waals surface area contributed by atoms with Gasteiger partial charge in [-0.05, 0) is 28.2 Å². The van der Waals surface area contributed by atoms with E-state index >= 15 is 0 Å². The minimum Gasteiger partial charge on any atom is -0.379 e. The molecule has 0 aliphatic heterocycles. The normalized spacial score (nSPS) is 13.6. The molecular weight excluding hydrogens is 277 g/mol. The molecular formula is C14H31NO4P+. The molecule has 0 fully saturated rings. The SMILES string of the molecule is CC(C)(C)CCOCCOCCC(C)(C)CN[P+](=O)O. The fourth-order valence-electron chi connectivity index (χ4n) is 1.42. The van der Waals surface area contributed by atoms with Crippen LogP contribution in [0.3, 0.4) is 0 Å². The summed E-state index contributed by atoms with van der Waals surface area (Å²) >= 11 is 0. The second kappa shape index (κ2) is 9.80. The summed E-state index contributed by atoms with van der Waals surface area (Å²) in [7, 11) is -2.26. The van der Waals surface area contributed by atoms with Crippen LogP contribution in [0.25, 0.3) is 0 Å². The highest BCUT2D eigenvalue weighted by atomic mass is 31.1. The number of ether oxygens (including phenoxy) is 2. The molecule has 0 aliphatic rings. The maximum absolute atomic E-state index is 10.6. The second-order valence-electron chi connectivity index (χ2n) is 7.06. The maximum atomic E-state index is 10.6. The van der Waals surface area contributed by atoms with Gasteiger partial charge in [0.05, 0.1) is 13.2 Å². The molecule has 0 aromatic heterocycles. The standard InChI is InChI=1S/C14H30NO4P/c1-13(2,3)6-8-18-10-11-19-9-7-14(4,5)12-15-20(16)17/h6-12H2,1-5H3,(H-,15,16,17)/p+1. The van der Waals surface area contributed by atoms with Crippen molar-refractivity contribution < 1.29 is 18.9 Å². The summed E-state index contributed by atoms with van der Waals surface area (Å²) in [6.07, 6.45) is 1.89. The third-order valence-electron chi connectivity index (χ3n) is 2.98. The molecule has 6 heteroatoms. The van der Waals surface area contributed by atoms with Gasteiger partial charge in [-0.15, -0.1) is 4.89 Å². The smallest absolute Gasteiger partial charge is 0.379 e. The molecule has 2 N–H and O–H groups in total. The maximum Gasteiger partial charge on any atom is 0.610 e. The van der Waals surface area contributed by atoms with Gasteiger partial charge in [-0.2, -0.15) is 0 Å². The first-order valence-corrected chi connectivity index (χ1v) is 8.39. The van der Waals surface area contributed by atoms with Crippen molar-refractivity contribution in [1.29, 1.82) is 0 Å². The zero-order chi connectivity index (χ0) is 15.6. The molecule has 0 aliphatic carbocycles. The van der Waals surface area contributed by atoms with Gasteiger partial charge in [0.2, 0.25) is 0 Å². The summed E-state index contributed by atoms with van der Waals surface area (Å²) < 4.78 is 21.6. The van der Waals surface area contributed by atoms with Crippen LogP contribution in [0.2, 0.25) is 0 Å².